The number of rotatable bonds is 3. The van der Waals surface area contributed by atoms with Crippen molar-refractivity contribution >= 4 is 5.97 Å². The van der Waals surface area contributed by atoms with Crippen LogP contribution >= 0.6 is 0 Å². The van der Waals surface area contributed by atoms with E-state index in [2.05, 4.69) is 9.72 Å². The highest BCUT2D eigenvalue weighted by Crippen LogP contribution is 2.27. The smallest absolute Gasteiger partial charge is 0.476 e. The molecule has 0 saturated heterocycles. The maximum Gasteiger partial charge on any atom is 0.573 e. The van der Waals surface area contributed by atoms with Crippen LogP contribution in [0.4, 0.5) is 22.0 Å². The molecular weight excluding hydrogens is 253 g/mol. The molecule has 1 rings (SSSR count). The lowest BCUT2D eigenvalue weighted by atomic mass is 10.2. The average Bonchev–Trinajstić information content (AvgIpc) is 2.17. The number of nitrogens with zero attached hydrogens (tertiary/aromatic N) is 1. The third-order valence-corrected chi connectivity index (χ3v) is 1.59. The van der Waals surface area contributed by atoms with Crippen LogP contribution in [-0.2, 0) is 6.67 Å². The van der Waals surface area contributed by atoms with E-state index in [4.69, 9.17) is 5.11 Å². The Labute approximate surface area is 90.6 Å². The van der Waals surface area contributed by atoms with Crippen LogP contribution in [0.3, 0.4) is 0 Å². The van der Waals surface area contributed by atoms with Crippen molar-refractivity contribution < 1.29 is 36.6 Å². The van der Waals surface area contributed by atoms with E-state index in [9.17, 15) is 26.7 Å². The molecule has 0 fully saturated rings. The summed E-state index contributed by atoms with van der Waals surface area (Å²) in [5, 5.41) is 8.48. The molecule has 0 bridgehead atoms. The molecular formula is C8H4F5NO3. The molecule has 0 radical (unpaired) electrons. The Morgan fingerprint density at radius 3 is 2.47 bits per heavy atom. The van der Waals surface area contributed by atoms with Crippen molar-refractivity contribution in [1.29, 1.82) is 0 Å². The van der Waals surface area contributed by atoms with E-state index in [1.807, 2.05) is 0 Å². The second-order valence-corrected chi connectivity index (χ2v) is 2.77. The van der Waals surface area contributed by atoms with Gasteiger partial charge in [0.1, 0.15) is 6.67 Å². The van der Waals surface area contributed by atoms with Crippen molar-refractivity contribution in [1.82, 2.24) is 4.98 Å². The van der Waals surface area contributed by atoms with Gasteiger partial charge in [-0.05, 0) is 6.07 Å². The van der Waals surface area contributed by atoms with Crippen molar-refractivity contribution in [2.45, 2.75) is 13.0 Å². The van der Waals surface area contributed by atoms with Crippen LogP contribution in [0.5, 0.6) is 5.75 Å². The van der Waals surface area contributed by atoms with E-state index in [1.54, 1.807) is 0 Å². The predicted molar refractivity (Wildman–Crippen MR) is 42.6 cm³/mol. The lowest BCUT2D eigenvalue weighted by Gasteiger charge is -2.11. The first-order valence-corrected chi connectivity index (χ1v) is 3.99. The Kier molecular flexibility index (Phi) is 3.49. The van der Waals surface area contributed by atoms with Gasteiger partial charge in [0.15, 0.2) is 11.4 Å². The van der Waals surface area contributed by atoms with Crippen LogP contribution in [0.1, 0.15) is 16.1 Å². The SMILES string of the molecule is O=C(O)c1nc(F)c(CF)cc1OC(F)(F)F. The van der Waals surface area contributed by atoms with Crippen molar-refractivity contribution in [2.75, 3.05) is 0 Å². The van der Waals surface area contributed by atoms with Gasteiger partial charge in [0.05, 0.1) is 0 Å². The molecule has 0 aliphatic heterocycles. The third kappa shape index (κ3) is 3.26. The maximum absolute atomic E-state index is 12.9. The highest BCUT2D eigenvalue weighted by molar-refractivity contribution is 5.88. The molecule has 0 aliphatic rings. The summed E-state index contributed by atoms with van der Waals surface area (Å²) in [6.45, 7) is -1.44. The Bertz CT molecular complexity index is 446. The number of hydrogen-bond donors (Lipinski definition) is 1. The number of aromatic carboxylic acids is 1. The van der Waals surface area contributed by atoms with Crippen LogP contribution in [0.25, 0.3) is 0 Å². The molecule has 1 aromatic rings. The summed E-state index contributed by atoms with van der Waals surface area (Å²) < 4.78 is 64.0. The quantitative estimate of drug-likeness (QED) is 0.666. The van der Waals surface area contributed by atoms with Crippen molar-refractivity contribution in [3.05, 3.63) is 23.3 Å². The molecule has 94 valence electrons. The van der Waals surface area contributed by atoms with Gasteiger partial charge in [0, 0.05) is 5.56 Å². The molecule has 9 heteroatoms. The highest BCUT2D eigenvalue weighted by atomic mass is 19.4. The number of carboxylic acids is 1. The Balaban J connectivity index is 3.29. The van der Waals surface area contributed by atoms with E-state index >= 15 is 0 Å². The van der Waals surface area contributed by atoms with Crippen LogP contribution in [0, 0.1) is 5.95 Å². The molecule has 17 heavy (non-hydrogen) atoms. The summed E-state index contributed by atoms with van der Waals surface area (Å²) >= 11 is 0. The van der Waals surface area contributed by atoms with Crippen LogP contribution in [0.15, 0.2) is 6.07 Å². The van der Waals surface area contributed by atoms with E-state index < -0.39 is 42.0 Å². The van der Waals surface area contributed by atoms with Crippen molar-refractivity contribution in [2.24, 2.45) is 0 Å². The van der Waals surface area contributed by atoms with Gasteiger partial charge in [0.25, 0.3) is 0 Å². The summed E-state index contributed by atoms with van der Waals surface area (Å²) in [7, 11) is 0. The average molecular weight is 257 g/mol. The van der Waals surface area contributed by atoms with Gasteiger partial charge in [-0.15, -0.1) is 13.2 Å². The van der Waals surface area contributed by atoms with Crippen molar-refractivity contribution in [3.8, 4) is 5.75 Å². The summed E-state index contributed by atoms with van der Waals surface area (Å²) in [6, 6.07) is 0.305. The number of ether oxygens (including phenoxy) is 1. The fraction of sp³-hybridized carbons (Fsp3) is 0.250. The van der Waals surface area contributed by atoms with E-state index in [0.29, 0.717) is 6.07 Å². The van der Waals surface area contributed by atoms with Gasteiger partial charge in [-0.1, -0.05) is 0 Å². The summed E-state index contributed by atoms with van der Waals surface area (Å²) in [5.74, 6) is -4.69. The number of carbonyl (C=O) groups is 1. The molecule has 1 N–H and O–H groups in total. The summed E-state index contributed by atoms with van der Waals surface area (Å²) in [5.41, 5.74) is -2.11. The molecule has 1 heterocycles. The maximum atomic E-state index is 12.9. The van der Waals surface area contributed by atoms with Crippen LogP contribution in [0.2, 0.25) is 0 Å². The molecule has 0 saturated carbocycles. The summed E-state index contributed by atoms with van der Waals surface area (Å²) in [6.07, 6.45) is -5.18. The zero-order valence-electron chi connectivity index (χ0n) is 7.89. The second-order valence-electron chi connectivity index (χ2n) is 2.77. The number of aromatic nitrogens is 1. The van der Waals surface area contributed by atoms with Gasteiger partial charge in [-0.2, -0.15) is 4.39 Å². The molecule has 0 amide bonds. The lowest BCUT2D eigenvalue weighted by molar-refractivity contribution is -0.274. The van der Waals surface area contributed by atoms with Gasteiger partial charge in [0.2, 0.25) is 5.95 Å². The van der Waals surface area contributed by atoms with Gasteiger partial charge >= 0.3 is 12.3 Å². The normalized spacial score (nSPS) is 11.4. The first-order valence-electron chi connectivity index (χ1n) is 3.99. The molecule has 0 aromatic carbocycles. The Hall–Kier alpha value is -1.93. The first kappa shape index (κ1) is 13.1. The number of pyridine rings is 1. The molecule has 0 unspecified atom stereocenters. The highest BCUT2D eigenvalue weighted by Gasteiger charge is 2.34. The monoisotopic (exact) mass is 257 g/mol. The number of alkyl halides is 4. The zero-order valence-corrected chi connectivity index (χ0v) is 7.89. The fourth-order valence-corrected chi connectivity index (χ4v) is 0.961. The standard InChI is InChI=1S/C8H4F5NO3/c9-2-3-1-4(17-8(11,12)13)5(7(15)16)14-6(3)10/h1H,2H2,(H,15,16). The molecule has 0 spiro atoms. The zero-order chi connectivity index (χ0) is 13.2. The molecule has 0 aliphatic carbocycles. The van der Waals surface area contributed by atoms with Crippen molar-refractivity contribution in [3.63, 3.8) is 0 Å². The Morgan fingerprint density at radius 2 is 2.06 bits per heavy atom. The van der Waals surface area contributed by atoms with Crippen LogP contribution in [-0.4, -0.2) is 22.4 Å². The lowest BCUT2D eigenvalue weighted by Crippen LogP contribution is -2.20. The number of carboxylic acid groups (broad SMARTS) is 1. The molecule has 4 nitrogen and oxygen atoms in total. The second kappa shape index (κ2) is 4.52. The largest absolute Gasteiger partial charge is 0.573 e. The molecule has 0 atom stereocenters. The van der Waals surface area contributed by atoms with Crippen LogP contribution < -0.4 is 4.74 Å². The first-order chi connectivity index (χ1) is 7.74. The number of hydrogen-bond acceptors (Lipinski definition) is 3. The van der Waals surface area contributed by atoms with E-state index in [1.165, 1.54) is 0 Å². The van der Waals surface area contributed by atoms with E-state index in [0.717, 1.165) is 0 Å². The fourth-order valence-electron chi connectivity index (χ4n) is 0.961. The van der Waals surface area contributed by atoms with Gasteiger partial charge in [-0.3, -0.25) is 0 Å². The third-order valence-electron chi connectivity index (χ3n) is 1.59. The van der Waals surface area contributed by atoms with Gasteiger partial charge in [-0.25, -0.2) is 14.2 Å². The van der Waals surface area contributed by atoms with Gasteiger partial charge < -0.3 is 9.84 Å². The minimum Gasteiger partial charge on any atom is -0.476 e. The minimum absolute atomic E-state index is 0.305. The van der Waals surface area contributed by atoms with E-state index in [-0.39, 0.29) is 0 Å². The number of halogens is 5. The minimum atomic E-state index is -5.18. The Morgan fingerprint density at radius 1 is 1.47 bits per heavy atom. The summed E-state index contributed by atoms with van der Waals surface area (Å²) in [4.78, 5) is 13.2. The predicted octanol–water partition coefficient (Wildman–Crippen LogP) is 2.29. The molecule has 1 aromatic heterocycles. The topological polar surface area (TPSA) is 59.4 Å².